The van der Waals surface area contributed by atoms with E-state index in [9.17, 15) is 13.2 Å². The maximum atomic E-state index is 12.4. The molecule has 0 spiro atoms. The van der Waals surface area contributed by atoms with E-state index in [0.29, 0.717) is 5.56 Å². The molecule has 0 amide bonds. The Balaban J connectivity index is 2.10. The van der Waals surface area contributed by atoms with E-state index < -0.39 is 15.4 Å². The molecule has 3 rings (SSSR count). The molecule has 22 heavy (non-hydrogen) atoms. The number of hydrogen-bond acceptors (Lipinski definition) is 6. The fourth-order valence-corrected chi connectivity index (χ4v) is 4.57. The molecule has 1 aromatic carbocycles. The standard InChI is InChI=1S/C13H10ClN3O3S2/c1-8-10(14)15-12-17(11(8)18)16-13(21-12)22(19,20)7-9-5-3-2-4-6-9/h2-6H,7H2,1H3. The highest BCUT2D eigenvalue weighted by atomic mass is 35.5. The Bertz CT molecular complexity index is 1010. The molecule has 0 saturated heterocycles. The molecule has 0 unspecified atom stereocenters. The van der Waals surface area contributed by atoms with Crippen molar-refractivity contribution in [3.05, 3.63) is 57.0 Å². The van der Waals surface area contributed by atoms with Gasteiger partial charge < -0.3 is 0 Å². The van der Waals surface area contributed by atoms with Gasteiger partial charge in [0.25, 0.3) is 5.56 Å². The summed E-state index contributed by atoms with van der Waals surface area (Å²) < 4.78 is 25.7. The monoisotopic (exact) mass is 355 g/mol. The van der Waals surface area contributed by atoms with Gasteiger partial charge in [-0.2, -0.15) is 4.52 Å². The van der Waals surface area contributed by atoms with Crippen molar-refractivity contribution in [3.63, 3.8) is 0 Å². The van der Waals surface area contributed by atoms with Gasteiger partial charge in [-0.15, -0.1) is 5.10 Å². The van der Waals surface area contributed by atoms with Gasteiger partial charge in [0.2, 0.25) is 19.1 Å². The number of rotatable bonds is 3. The highest BCUT2D eigenvalue weighted by Gasteiger charge is 2.22. The zero-order chi connectivity index (χ0) is 15.9. The lowest BCUT2D eigenvalue weighted by atomic mass is 10.2. The van der Waals surface area contributed by atoms with Gasteiger partial charge in [0, 0.05) is 0 Å². The van der Waals surface area contributed by atoms with Gasteiger partial charge in [-0.3, -0.25) is 4.79 Å². The van der Waals surface area contributed by atoms with Crippen molar-refractivity contribution in [2.45, 2.75) is 17.0 Å². The fraction of sp³-hybridized carbons (Fsp3) is 0.154. The molecule has 6 nitrogen and oxygen atoms in total. The van der Waals surface area contributed by atoms with Crippen molar-refractivity contribution in [2.24, 2.45) is 0 Å². The molecule has 0 aliphatic rings. The Morgan fingerprint density at radius 1 is 1.27 bits per heavy atom. The average Bonchev–Trinajstić information content (AvgIpc) is 2.90. The highest BCUT2D eigenvalue weighted by molar-refractivity contribution is 7.92. The molecule has 0 N–H and O–H groups in total. The van der Waals surface area contributed by atoms with Crippen LogP contribution in [0.2, 0.25) is 5.15 Å². The number of fused-ring (bicyclic) bond motifs is 1. The van der Waals surface area contributed by atoms with Crippen LogP contribution < -0.4 is 5.56 Å². The molecule has 0 aliphatic heterocycles. The first-order valence-electron chi connectivity index (χ1n) is 6.21. The molecular formula is C13H10ClN3O3S2. The molecule has 0 atom stereocenters. The molecule has 0 aliphatic carbocycles. The summed E-state index contributed by atoms with van der Waals surface area (Å²) in [6.07, 6.45) is 0. The second kappa shape index (κ2) is 5.45. The zero-order valence-electron chi connectivity index (χ0n) is 11.4. The molecule has 9 heteroatoms. The fourth-order valence-electron chi connectivity index (χ4n) is 1.86. The minimum Gasteiger partial charge on any atom is -0.267 e. The first-order valence-corrected chi connectivity index (χ1v) is 9.06. The summed E-state index contributed by atoms with van der Waals surface area (Å²) in [6, 6.07) is 8.77. The first-order chi connectivity index (χ1) is 10.4. The van der Waals surface area contributed by atoms with Crippen LogP contribution in [0.1, 0.15) is 11.1 Å². The maximum absolute atomic E-state index is 12.4. The SMILES string of the molecule is Cc1c(Cl)nc2sc(S(=O)(=O)Cc3ccccc3)nn2c1=O. The van der Waals surface area contributed by atoms with E-state index in [4.69, 9.17) is 11.6 Å². The quantitative estimate of drug-likeness (QED) is 0.672. The van der Waals surface area contributed by atoms with Crippen LogP contribution in [0.25, 0.3) is 4.96 Å². The molecular weight excluding hydrogens is 346 g/mol. The topological polar surface area (TPSA) is 81.4 Å². The predicted octanol–water partition coefficient (Wildman–Crippen LogP) is 2.09. The lowest BCUT2D eigenvalue weighted by Gasteiger charge is -1.99. The van der Waals surface area contributed by atoms with Crippen molar-refractivity contribution in [1.82, 2.24) is 14.6 Å². The van der Waals surface area contributed by atoms with Gasteiger partial charge in [0.1, 0.15) is 5.15 Å². The number of hydrogen-bond donors (Lipinski definition) is 0. The highest BCUT2D eigenvalue weighted by Crippen LogP contribution is 2.22. The third kappa shape index (κ3) is 2.65. The molecule has 0 radical (unpaired) electrons. The van der Waals surface area contributed by atoms with Gasteiger partial charge >= 0.3 is 0 Å². The Labute approximate surface area is 134 Å². The number of aromatic nitrogens is 3. The van der Waals surface area contributed by atoms with E-state index >= 15 is 0 Å². The first kappa shape index (κ1) is 15.1. The molecule has 2 heterocycles. The normalized spacial score (nSPS) is 11.9. The molecule has 0 saturated carbocycles. The second-order valence-corrected chi connectivity index (χ2v) is 8.12. The molecule has 0 fully saturated rings. The third-order valence-electron chi connectivity index (χ3n) is 3.02. The van der Waals surface area contributed by atoms with Crippen molar-refractivity contribution in [3.8, 4) is 0 Å². The van der Waals surface area contributed by atoms with Crippen LogP contribution in [0.3, 0.4) is 0 Å². The van der Waals surface area contributed by atoms with Gasteiger partial charge in [-0.1, -0.05) is 53.3 Å². The van der Waals surface area contributed by atoms with Crippen molar-refractivity contribution in [1.29, 1.82) is 0 Å². The zero-order valence-corrected chi connectivity index (χ0v) is 13.7. The summed E-state index contributed by atoms with van der Waals surface area (Å²) in [5.74, 6) is -0.185. The van der Waals surface area contributed by atoms with E-state index in [0.717, 1.165) is 15.9 Å². The van der Waals surface area contributed by atoms with Crippen molar-refractivity contribution in [2.75, 3.05) is 0 Å². The van der Waals surface area contributed by atoms with Crippen LogP contribution in [0, 0.1) is 6.92 Å². The third-order valence-corrected chi connectivity index (χ3v) is 6.43. The summed E-state index contributed by atoms with van der Waals surface area (Å²) in [6.45, 7) is 1.52. The van der Waals surface area contributed by atoms with Gasteiger partial charge in [0.15, 0.2) is 0 Å². The largest absolute Gasteiger partial charge is 0.279 e. The van der Waals surface area contributed by atoms with E-state index in [-0.39, 0.29) is 25.8 Å². The Hall–Kier alpha value is -1.77. The van der Waals surface area contributed by atoms with Crippen LogP contribution in [-0.2, 0) is 15.6 Å². The Morgan fingerprint density at radius 2 is 1.95 bits per heavy atom. The molecule has 3 aromatic rings. The summed E-state index contributed by atoms with van der Waals surface area (Å²) in [4.78, 5) is 16.2. The molecule has 114 valence electrons. The second-order valence-electron chi connectivity index (χ2n) is 4.64. The van der Waals surface area contributed by atoms with Crippen LogP contribution >= 0.6 is 22.9 Å². The van der Waals surface area contributed by atoms with E-state index in [1.807, 2.05) is 6.07 Å². The number of nitrogens with zero attached hydrogens (tertiary/aromatic N) is 3. The lowest BCUT2D eigenvalue weighted by Crippen LogP contribution is -2.18. The Kier molecular flexibility index (Phi) is 3.75. The Morgan fingerprint density at radius 3 is 2.64 bits per heavy atom. The van der Waals surface area contributed by atoms with Crippen LogP contribution in [0.4, 0.5) is 0 Å². The number of sulfone groups is 1. The summed E-state index contributed by atoms with van der Waals surface area (Å²) >= 11 is 6.68. The van der Waals surface area contributed by atoms with Gasteiger partial charge in [0.05, 0.1) is 11.3 Å². The minimum absolute atomic E-state index is 0.0562. The van der Waals surface area contributed by atoms with Crippen molar-refractivity contribution < 1.29 is 8.42 Å². The lowest BCUT2D eigenvalue weighted by molar-refractivity contribution is 0.592. The van der Waals surface area contributed by atoms with Crippen molar-refractivity contribution >= 4 is 37.7 Å². The molecule has 0 bridgehead atoms. The smallest absolute Gasteiger partial charge is 0.267 e. The number of halogens is 1. The van der Waals surface area contributed by atoms with E-state index in [2.05, 4.69) is 10.1 Å². The van der Waals surface area contributed by atoms with Gasteiger partial charge in [-0.05, 0) is 12.5 Å². The maximum Gasteiger partial charge on any atom is 0.279 e. The molecule has 2 aromatic heterocycles. The summed E-state index contributed by atoms with van der Waals surface area (Å²) in [7, 11) is -3.65. The predicted molar refractivity (Wildman–Crippen MR) is 84.2 cm³/mol. The summed E-state index contributed by atoms with van der Waals surface area (Å²) in [5, 5.41) is 3.95. The van der Waals surface area contributed by atoms with E-state index in [1.54, 1.807) is 24.3 Å². The van der Waals surface area contributed by atoms with E-state index in [1.165, 1.54) is 6.92 Å². The number of benzene rings is 1. The van der Waals surface area contributed by atoms with Crippen LogP contribution in [0.5, 0.6) is 0 Å². The van der Waals surface area contributed by atoms with Crippen LogP contribution in [0.15, 0.2) is 39.5 Å². The summed E-state index contributed by atoms with van der Waals surface area (Å²) in [5.41, 5.74) is 0.417. The minimum atomic E-state index is -3.65. The van der Waals surface area contributed by atoms with Gasteiger partial charge in [-0.25, -0.2) is 13.4 Å². The van der Waals surface area contributed by atoms with Crippen LogP contribution in [-0.4, -0.2) is 23.0 Å². The average molecular weight is 356 g/mol.